The molecule has 0 aliphatic carbocycles. The van der Waals surface area contributed by atoms with E-state index in [0.29, 0.717) is 16.9 Å². The van der Waals surface area contributed by atoms with E-state index < -0.39 is 16.6 Å². The fourth-order valence-electron chi connectivity index (χ4n) is 1.68. The van der Waals surface area contributed by atoms with Crippen LogP contribution in [0.3, 0.4) is 0 Å². The van der Waals surface area contributed by atoms with E-state index in [4.69, 9.17) is 0 Å². The molecule has 0 radical (unpaired) electrons. The number of nitrogens with zero attached hydrogens (tertiary/aromatic N) is 2. The fraction of sp³-hybridized carbons (Fsp3) is 0.154. The highest BCUT2D eigenvalue weighted by atomic mass is 19.2. The number of aryl methyl sites for hydroxylation is 1. The molecule has 0 aliphatic rings. The van der Waals surface area contributed by atoms with Gasteiger partial charge in [-0.05, 0) is 30.7 Å². The Balaban J connectivity index is 2.09. The molecule has 0 saturated heterocycles. The van der Waals surface area contributed by atoms with Crippen molar-refractivity contribution >= 4 is 11.5 Å². The summed E-state index contributed by atoms with van der Waals surface area (Å²) in [4.78, 5) is 14.0. The monoisotopic (exact) mass is 279 g/mol. The number of hydrogen-bond donors (Lipinski definition) is 1. The molecule has 1 heterocycles. The summed E-state index contributed by atoms with van der Waals surface area (Å²) < 4.78 is 25.8. The molecule has 0 aliphatic heterocycles. The van der Waals surface area contributed by atoms with Crippen molar-refractivity contribution in [1.82, 2.24) is 4.98 Å². The van der Waals surface area contributed by atoms with Crippen LogP contribution in [0.1, 0.15) is 11.1 Å². The molecule has 5 nitrogen and oxygen atoms in total. The summed E-state index contributed by atoms with van der Waals surface area (Å²) in [6.45, 7) is 1.84. The lowest BCUT2D eigenvalue weighted by atomic mass is 10.2. The van der Waals surface area contributed by atoms with Gasteiger partial charge in [0.1, 0.15) is 12.0 Å². The molecular weight excluding hydrogens is 268 g/mol. The molecule has 20 heavy (non-hydrogen) atoms. The van der Waals surface area contributed by atoms with Crippen LogP contribution in [0.25, 0.3) is 0 Å². The molecule has 1 aromatic carbocycles. The first-order valence-corrected chi connectivity index (χ1v) is 5.76. The van der Waals surface area contributed by atoms with Gasteiger partial charge in [0.05, 0.1) is 4.92 Å². The van der Waals surface area contributed by atoms with E-state index in [9.17, 15) is 18.9 Å². The molecule has 0 unspecified atom stereocenters. The third-order valence-electron chi connectivity index (χ3n) is 2.74. The van der Waals surface area contributed by atoms with Gasteiger partial charge in [-0.2, -0.15) is 0 Å². The Kier molecular flexibility index (Phi) is 3.88. The predicted octanol–water partition coefficient (Wildman–Crippen LogP) is 3.19. The number of anilines is 1. The molecule has 0 atom stereocenters. The van der Waals surface area contributed by atoms with Gasteiger partial charge in [-0.1, -0.05) is 6.07 Å². The molecule has 0 amide bonds. The van der Waals surface area contributed by atoms with Crippen LogP contribution in [-0.2, 0) is 6.54 Å². The van der Waals surface area contributed by atoms with E-state index in [-0.39, 0.29) is 12.2 Å². The first-order chi connectivity index (χ1) is 9.47. The van der Waals surface area contributed by atoms with Crippen molar-refractivity contribution in [3.63, 3.8) is 0 Å². The zero-order valence-electron chi connectivity index (χ0n) is 10.6. The second-order valence-electron chi connectivity index (χ2n) is 4.22. The van der Waals surface area contributed by atoms with Crippen LogP contribution < -0.4 is 5.32 Å². The Morgan fingerprint density at radius 2 is 2.05 bits per heavy atom. The summed E-state index contributed by atoms with van der Waals surface area (Å²) in [7, 11) is 0. The van der Waals surface area contributed by atoms with E-state index in [1.165, 1.54) is 12.1 Å². The molecule has 1 N–H and O–H groups in total. The summed E-state index contributed by atoms with van der Waals surface area (Å²) in [6, 6.07) is 5.10. The first kappa shape index (κ1) is 13.9. The Labute approximate surface area is 113 Å². The van der Waals surface area contributed by atoms with Crippen LogP contribution in [0.15, 0.2) is 30.5 Å². The van der Waals surface area contributed by atoms with Crippen LogP contribution in [0.5, 0.6) is 0 Å². The van der Waals surface area contributed by atoms with Crippen molar-refractivity contribution in [3.05, 3.63) is 63.3 Å². The summed E-state index contributed by atoms with van der Waals surface area (Å²) >= 11 is 0. The molecule has 104 valence electrons. The second kappa shape index (κ2) is 5.60. The molecule has 7 heteroatoms. The smallest absolute Gasteiger partial charge is 0.290 e. The minimum atomic E-state index is -0.919. The van der Waals surface area contributed by atoms with Gasteiger partial charge < -0.3 is 5.32 Å². The number of rotatable bonds is 4. The molecule has 2 aromatic rings. The van der Waals surface area contributed by atoms with Crippen molar-refractivity contribution < 1.29 is 13.7 Å². The van der Waals surface area contributed by atoms with Gasteiger partial charge in [0.15, 0.2) is 11.6 Å². The van der Waals surface area contributed by atoms with Crippen molar-refractivity contribution in [1.29, 1.82) is 0 Å². The highest BCUT2D eigenvalue weighted by Crippen LogP contribution is 2.19. The van der Waals surface area contributed by atoms with E-state index in [1.54, 1.807) is 6.92 Å². The first-order valence-electron chi connectivity index (χ1n) is 5.76. The average molecular weight is 279 g/mol. The maximum absolute atomic E-state index is 13.0. The van der Waals surface area contributed by atoms with E-state index in [0.717, 1.165) is 18.3 Å². The minimum Gasteiger partial charge on any atom is -0.366 e. The van der Waals surface area contributed by atoms with Crippen molar-refractivity contribution in [3.8, 4) is 0 Å². The summed E-state index contributed by atoms with van der Waals surface area (Å²) in [5.41, 5.74) is 0.947. The van der Waals surface area contributed by atoms with Gasteiger partial charge in [-0.15, -0.1) is 0 Å². The molecule has 0 spiro atoms. The number of aromatic nitrogens is 1. The van der Waals surface area contributed by atoms with Crippen LogP contribution in [0, 0.1) is 28.7 Å². The van der Waals surface area contributed by atoms with Crippen LogP contribution in [0.4, 0.5) is 20.3 Å². The Morgan fingerprint density at radius 1 is 1.30 bits per heavy atom. The number of nitrogens with one attached hydrogen (secondary N) is 1. The van der Waals surface area contributed by atoms with Crippen molar-refractivity contribution in [2.24, 2.45) is 0 Å². The van der Waals surface area contributed by atoms with Crippen molar-refractivity contribution in [2.45, 2.75) is 13.5 Å². The van der Waals surface area contributed by atoms with E-state index in [1.807, 2.05) is 0 Å². The Bertz CT molecular complexity index is 662. The molecule has 0 bridgehead atoms. The third-order valence-corrected chi connectivity index (χ3v) is 2.74. The fourth-order valence-corrected chi connectivity index (χ4v) is 1.68. The standard InChI is InChI=1S/C13H11F2N3O2/c1-8-4-13(17-7-12(8)18(19)20)16-6-9-2-3-10(14)11(15)5-9/h2-5,7H,6H2,1H3,(H,16,17). The van der Waals surface area contributed by atoms with Gasteiger partial charge >= 0.3 is 0 Å². The lowest BCUT2D eigenvalue weighted by molar-refractivity contribution is -0.385. The number of benzene rings is 1. The summed E-state index contributed by atoms with van der Waals surface area (Å²) in [5, 5.41) is 13.5. The lowest BCUT2D eigenvalue weighted by Crippen LogP contribution is -2.03. The van der Waals surface area contributed by atoms with Crippen LogP contribution in [0.2, 0.25) is 0 Å². The normalized spacial score (nSPS) is 10.3. The Morgan fingerprint density at radius 3 is 2.65 bits per heavy atom. The molecule has 1 aromatic heterocycles. The lowest BCUT2D eigenvalue weighted by Gasteiger charge is -2.07. The maximum atomic E-state index is 13.0. The van der Waals surface area contributed by atoms with Crippen LogP contribution >= 0.6 is 0 Å². The predicted molar refractivity (Wildman–Crippen MR) is 69.3 cm³/mol. The third kappa shape index (κ3) is 3.05. The van der Waals surface area contributed by atoms with Gasteiger partial charge in [0.2, 0.25) is 0 Å². The van der Waals surface area contributed by atoms with Crippen molar-refractivity contribution in [2.75, 3.05) is 5.32 Å². The quantitative estimate of drug-likeness (QED) is 0.689. The van der Waals surface area contributed by atoms with Gasteiger partial charge in [-0.3, -0.25) is 10.1 Å². The van der Waals surface area contributed by atoms with E-state index >= 15 is 0 Å². The summed E-state index contributed by atoms with van der Waals surface area (Å²) in [5.74, 6) is -1.40. The SMILES string of the molecule is Cc1cc(NCc2ccc(F)c(F)c2)ncc1[N+](=O)[O-]. The number of pyridine rings is 1. The summed E-state index contributed by atoms with van der Waals surface area (Å²) in [6.07, 6.45) is 1.16. The van der Waals surface area contributed by atoms with Crippen LogP contribution in [-0.4, -0.2) is 9.91 Å². The molecule has 2 rings (SSSR count). The zero-order valence-corrected chi connectivity index (χ0v) is 10.6. The van der Waals surface area contributed by atoms with Gasteiger partial charge in [-0.25, -0.2) is 13.8 Å². The highest BCUT2D eigenvalue weighted by Gasteiger charge is 2.11. The van der Waals surface area contributed by atoms with E-state index in [2.05, 4.69) is 10.3 Å². The topological polar surface area (TPSA) is 68.1 Å². The second-order valence-corrected chi connectivity index (χ2v) is 4.22. The molecule has 0 fully saturated rings. The zero-order chi connectivity index (χ0) is 14.7. The maximum Gasteiger partial charge on any atom is 0.290 e. The van der Waals surface area contributed by atoms with Gasteiger partial charge in [0.25, 0.3) is 5.69 Å². The molecular formula is C13H11F2N3O2. The number of hydrogen-bond acceptors (Lipinski definition) is 4. The largest absolute Gasteiger partial charge is 0.366 e. The van der Waals surface area contributed by atoms with Gasteiger partial charge in [0, 0.05) is 12.1 Å². The Hall–Kier alpha value is -2.57. The minimum absolute atomic E-state index is 0.0663. The number of nitro groups is 1. The molecule has 0 saturated carbocycles. The number of halogens is 2. The highest BCUT2D eigenvalue weighted by molar-refractivity contribution is 5.47. The average Bonchev–Trinajstić information content (AvgIpc) is 2.40.